The molecule has 6 nitrogen and oxygen atoms in total. The maximum absolute atomic E-state index is 12.6. The van der Waals surface area contributed by atoms with Crippen LogP contribution in [0.25, 0.3) is 10.2 Å². The Morgan fingerprint density at radius 1 is 1.15 bits per heavy atom. The number of aliphatic carboxylic acids is 1. The molecule has 8 heteroatoms. The Kier molecular flexibility index (Phi) is 7.00. The molecule has 202 valence electrons. The number of carboxylic acid groups (broad SMARTS) is 1. The van der Waals surface area contributed by atoms with Crippen LogP contribution < -0.4 is 10.1 Å². The molecule has 0 saturated heterocycles. The predicted molar refractivity (Wildman–Crippen MR) is 157 cm³/mol. The monoisotopic (exact) mass is 561 g/mol. The van der Waals surface area contributed by atoms with E-state index in [2.05, 4.69) is 46.4 Å². The number of nitrogens with one attached hydrogen (secondary N) is 1. The van der Waals surface area contributed by atoms with Crippen LogP contribution in [0.1, 0.15) is 43.7 Å². The third-order valence-electron chi connectivity index (χ3n) is 8.40. The molecule has 1 spiro atoms. The van der Waals surface area contributed by atoms with Gasteiger partial charge in [-0.1, -0.05) is 48.9 Å². The van der Waals surface area contributed by atoms with Crippen LogP contribution in [0, 0.1) is 5.92 Å². The van der Waals surface area contributed by atoms with Gasteiger partial charge in [0, 0.05) is 41.5 Å². The molecule has 2 aromatic heterocycles. The smallest absolute Gasteiger partial charge is 0.329 e. The lowest BCUT2D eigenvalue weighted by atomic mass is 9.69. The second kappa shape index (κ2) is 10.5. The first-order chi connectivity index (χ1) is 18.9. The minimum Gasteiger partial charge on any atom is -0.492 e. The van der Waals surface area contributed by atoms with E-state index in [9.17, 15) is 9.90 Å². The van der Waals surface area contributed by atoms with Crippen LogP contribution in [0.4, 0.5) is 5.69 Å². The van der Waals surface area contributed by atoms with E-state index in [1.54, 1.807) is 29.7 Å². The zero-order valence-electron chi connectivity index (χ0n) is 21.9. The van der Waals surface area contributed by atoms with Gasteiger partial charge in [-0.2, -0.15) is 0 Å². The van der Waals surface area contributed by atoms with Gasteiger partial charge in [0.1, 0.15) is 11.3 Å². The van der Waals surface area contributed by atoms with Crippen molar-refractivity contribution in [2.75, 3.05) is 18.5 Å². The summed E-state index contributed by atoms with van der Waals surface area (Å²) < 4.78 is 7.37. The molecular weight excluding hydrogens is 530 g/mol. The number of carboxylic acids is 1. The number of halogens is 1. The van der Waals surface area contributed by atoms with Crippen molar-refractivity contribution < 1.29 is 14.6 Å². The highest BCUT2D eigenvalue weighted by Gasteiger charge is 2.53. The largest absolute Gasteiger partial charge is 0.492 e. The SMILES string of the molecule is C[C@@H](COc1ccnc2ccsc12)CN1Cc2ccccc2C12CCC(Nc1cccc(Cl)c1)(C(=O)O)CC2. The number of ether oxygens (including phenoxy) is 1. The molecule has 0 radical (unpaired) electrons. The molecule has 3 heterocycles. The normalized spacial score (nSPS) is 23.5. The molecule has 0 amide bonds. The van der Waals surface area contributed by atoms with Crippen molar-refractivity contribution in [1.29, 1.82) is 0 Å². The average molecular weight is 562 g/mol. The highest BCUT2D eigenvalue weighted by atomic mass is 35.5. The van der Waals surface area contributed by atoms with Crippen molar-refractivity contribution in [3.8, 4) is 5.75 Å². The van der Waals surface area contributed by atoms with E-state index in [0.717, 1.165) is 47.6 Å². The fraction of sp³-hybridized carbons (Fsp3) is 0.355. The number of rotatable bonds is 8. The minimum atomic E-state index is -1.03. The summed E-state index contributed by atoms with van der Waals surface area (Å²) >= 11 is 7.84. The van der Waals surface area contributed by atoms with Crippen molar-refractivity contribution in [3.05, 3.63) is 88.4 Å². The van der Waals surface area contributed by atoms with E-state index in [0.29, 0.717) is 24.5 Å². The molecule has 2 N–H and O–H groups in total. The fourth-order valence-corrected chi connectivity index (χ4v) is 7.42. The molecule has 0 unspecified atom stereocenters. The van der Waals surface area contributed by atoms with Gasteiger partial charge in [0.2, 0.25) is 0 Å². The molecule has 1 fully saturated rings. The Morgan fingerprint density at radius 3 is 2.77 bits per heavy atom. The van der Waals surface area contributed by atoms with E-state index in [1.807, 2.05) is 29.6 Å². The second-order valence-corrected chi connectivity index (χ2v) is 12.3. The average Bonchev–Trinajstić information content (AvgIpc) is 3.52. The highest BCUT2D eigenvalue weighted by molar-refractivity contribution is 7.17. The van der Waals surface area contributed by atoms with E-state index in [1.165, 1.54) is 11.1 Å². The number of pyridine rings is 1. The molecule has 39 heavy (non-hydrogen) atoms. The maximum Gasteiger partial charge on any atom is 0.329 e. The zero-order valence-corrected chi connectivity index (χ0v) is 23.5. The topological polar surface area (TPSA) is 74.7 Å². The number of hydrogen-bond donors (Lipinski definition) is 2. The van der Waals surface area contributed by atoms with Gasteiger partial charge in [-0.05, 0) is 72.5 Å². The molecule has 2 aromatic carbocycles. The summed E-state index contributed by atoms with van der Waals surface area (Å²) in [5, 5.41) is 16.3. The molecule has 6 rings (SSSR count). The van der Waals surface area contributed by atoms with Crippen LogP contribution in [-0.4, -0.2) is 39.7 Å². The lowest BCUT2D eigenvalue weighted by Crippen LogP contribution is -2.55. The van der Waals surface area contributed by atoms with Crippen molar-refractivity contribution in [1.82, 2.24) is 9.88 Å². The number of carbonyl (C=O) groups is 1. The first kappa shape index (κ1) is 26.1. The van der Waals surface area contributed by atoms with Gasteiger partial charge in [-0.15, -0.1) is 11.3 Å². The van der Waals surface area contributed by atoms with Gasteiger partial charge in [0.15, 0.2) is 0 Å². The summed E-state index contributed by atoms with van der Waals surface area (Å²) in [5.41, 5.74) is 3.18. The van der Waals surface area contributed by atoms with Gasteiger partial charge in [-0.25, -0.2) is 4.79 Å². The Morgan fingerprint density at radius 2 is 1.97 bits per heavy atom. The zero-order chi connectivity index (χ0) is 27.0. The van der Waals surface area contributed by atoms with E-state index >= 15 is 0 Å². The number of hydrogen-bond acceptors (Lipinski definition) is 6. The Balaban J connectivity index is 1.20. The highest BCUT2D eigenvalue weighted by Crippen LogP contribution is 2.52. The number of nitrogens with zero attached hydrogens (tertiary/aromatic N) is 2. The van der Waals surface area contributed by atoms with Crippen LogP contribution in [0.15, 0.2) is 72.2 Å². The first-order valence-electron chi connectivity index (χ1n) is 13.4. The van der Waals surface area contributed by atoms with E-state index in [-0.39, 0.29) is 11.5 Å². The van der Waals surface area contributed by atoms with Crippen LogP contribution in [0.3, 0.4) is 0 Å². The summed E-state index contributed by atoms with van der Waals surface area (Å²) in [7, 11) is 0. The van der Waals surface area contributed by atoms with Crippen LogP contribution in [-0.2, 0) is 16.9 Å². The molecule has 1 saturated carbocycles. The van der Waals surface area contributed by atoms with Gasteiger partial charge >= 0.3 is 5.97 Å². The van der Waals surface area contributed by atoms with E-state index < -0.39 is 11.5 Å². The summed E-state index contributed by atoms with van der Waals surface area (Å²) in [6.45, 7) is 4.58. The van der Waals surface area contributed by atoms with Crippen molar-refractivity contribution in [2.45, 2.75) is 50.2 Å². The summed E-state index contributed by atoms with van der Waals surface area (Å²) in [5.74, 6) is 0.363. The molecule has 1 aliphatic heterocycles. The Labute approximate surface area is 237 Å². The van der Waals surface area contributed by atoms with Crippen molar-refractivity contribution in [2.24, 2.45) is 5.92 Å². The summed E-state index contributed by atoms with van der Waals surface area (Å²) in [4.78, 5) is 19.6. The van der Waals surface area contributed by atoms with E-state index in [4.69, 9.17) is 16.3 Å². The minimum absolute atomic E-state index is 0.183. The lowest BCUT2D eigenvalue weighted by Gasteiger charge is -2.48. The maximum atomic E-state index is 12.6. The number of anilines is 1. The van der Waals surface area contributed by atoms with Crippen molar-refractivity contribution in [3.63, 3.8) is 0 Å². The van der Waals surface area contributed by atoms with Crippen molar-refractivity contribution >= 4 is 44.8 Å². The molecule has 4 aromatic rings. The quantitative estimate of drug-likeness (QED) is 0.237. The molecule has 1 aliphatic carbocycles. The fourth-order valence-electron chi connectivity index (χ4n) is 6.41. The molecule has 1 atom stereocenters. The second-order valence-electron chi connectivity index (χ2n) is 11.0. The lowest BCUT2D eigenvalue weighted by molar-refractivity contribution is -0.145. The van der Waals surface area contributed by atoms with Crippen LogP contribution in [0.5, 0.6) is 5.75 Å². The third-order valence-corrected chi connectivity index (χ3v) is 9.55. The number of aromatic nitrogens is 1. The Bertz CT molecular complexity index is 1500. The van der Waals surface area contributed by atoms with Gasteiger partial charge in [0.05, 0.1) is 16.8 Å². The standard InChI is InChI=1S/C31H32ClN3O3S/c1-21(20-38-27-9-15-33-26-10-16-39-28(26)27)18-35-19-22-5-2-3-8-25(22)31(35)13-11-30(12-14-31,29(36)37)34-24-7-4-6-23(32)17-24/h2-10,15-17,21,34H,11-14,18-20H2,1H3,(H,36,37)/t21-,30?,31?/m1/s1. The van der Waals surface area contributed by atoms with Gasteiger partial charge in [-0.3, -0.25) is 9.88 Å². The molecule has 2 aliphatic rings. The third kappa shape index (κ3) is 4.88. The molecule has 0 bridgehead atoms. The van der Waals surface area contributed by atoms with Gasteiger partial charge < -0.3 is 15.2 Å². The summed E-state index contributed by atoms with van der Waals surface area (Å²) in [6, 6.07) is 19.9. The molecular formula is C31H32ClN3O3S. The van der Waals surface area contributed by atoms with Gasteiger partial charge in [0.25, 0.3) is 0 Å². The number of fused-ring (bicyclic) bond motifs is 3. The number of thiophene rings is 1. The van der Waals surface area contributed by atoms with Crippen LogP contribution in [0.2, 0.25) is 5.02 Å². The Hall–Kier alpha value is -3.13. The summed E-state index contributed by atoms with van der Waals surface area (Å²) in [6.07, 6.45) is 4.38. The van der Waals surface area contributed by atoms with Crippen LogP contribution >= 0.6 is 22.9 Å². The number of benzene rings is 2. The first-order valence-corrected chi connectivity index (χ1v) is 14.7. The predicted octanol–water partition coefficient (Wildman–Crippen LogP) is 7.19.